The maximum Gasteiger partial charge on any atom is 0.238 e. The fourth-order valence-electron chi connectivity index (χ4n) is 2.13. The molecule has 0 atom stereocenters. The smallest absolute Gasteiger partial charge is 0.238 e. The van der Waals surface area contributed by atoms with E-state index >= 15 is 0 Å². The Morgan fingerprint density at radius 2 is 2.00 bits per heavy atom. The molecular formula is C13H18N4O2S. The molecule has 1 heterocycles. The molecule has 0 fully saturated rings. The Labute approximate surface area is 118 Å². The third-order valence-electron chi connectivity index (χ3n) is 3.33. The molecule has 2 aromatic rings. The average molecular weight is 294 g/mol. The number of anilines is 1. The van der Waals surface area contributed by atoms with Gasteiger partial charge in [-0.3, -0.25) is 5.10 Å². The number of nitrogens with zero attached hydrogens (tertiary/aromatic N) is 1. The lowest BCUT2D eigenvalue weighted by Crippen LogP contribution is -2.14. The van der Waals surface area contributed by atoms with Crippen LogP contribution in [-0.4, -0.2) is 18.6 Å². The second-order valence-electron chi connectivity index (χ2n) is 4.74. The maximum absolute atomic E-state index is 11.5. The van der Waals surface area contributed by atoms with Crippen molar-refractivity contribution in [1.82, 2.24) is 10.2 Å². The fraction of sp³-hybridized carbons (Fsp3) is 0.308. The van der Waals surface area contributed by atoms with Crippen LogP contribution in [0.2, 0.25) is 0 Å². The maximum atomic E-state index is 11.5. The van der Waals surface area contributed by atoms with Crippen molar-refractivity contribution < 1.29 is 8.42 Å². The van der Waals surface area contributed by atoms with Crippen LogP contribution in [0.3, 0.4) is 0 Å². The molecular weight excluding hydrogens is 276 g/mol. The van der Waals surface area contributed by atoms with Gasteiger partial charge in [0.05, 0.1) is 10.6 Å². The minimum absolute atomic E-state index is 0.142. The minimum Gasteiger partial charge on any atom is -0.381 e. The van der Waals surface area contributed by atoms with E-state index in [2.05, 4.69) is 15.5 Å². The molecule has 20 heavy (non-hydrogen) atoms. The summed E-state index contributed by atoms with van der Waals surface area (Å²) in [6, 6.07) is 5.00. The number of hydrogen-bond donors (Lipinski definition) is 3. The Balaban J connectivity index is 2.28. The monoisotopic (exact) mass is 294 g/mol. The molecule has 0 bridgehead atoms. The molecule has 0 aliphatic carbocycles. The van der Waals surface area contributed by atoms with E-state index in [1.54, 1.807) is 13.0 Å². The highest BCUT2D eigenvalue weighted by Gasteiger charge is 2.14. The van der Waals surface area contributed by atoms with Crippen LogP contribution in [0.1, 0.15) is 22.5 Å². The molecule has 0 aliphatic rings. The summed E-state index contributed by atoms with van der Waals surface area (Å²) in [4.78, 5) is 0.142. The standard InChI is InChI=1S/C13H18N4O2S/c1-8-12(5-4-6-13(8)20(14,18)19)15-7-11-9(2)16-17-10(11)3/h4-6,15H,7H2,1-3H3,(H,16,17)(H2,14,18,19). The number of aromatic amines is 1. The van der Waals surface area contributed by atoms with Gasteiger partial charge in [-0.15, -0.1) is 0 Å². The summed E-state index contributed by atoms with van der Waals surface area (Å²) < 4.78 is 23.0. The van der Waals surface area contributed by atoms with Crippen LogP contribution < -0.4 is 10.5 Å². The normalized spacial score (nSPS) is 11.6. The van der Waals surface area contributed by atoms with Crippen LogP contribution in [0.5, 0.6) is 0 Å². The van der Waals surface area contributed by atoms with Gasteiger partial charge in [0.2, 0.25) is 10.0 Å². The Hall–Kier alpha value is -1.86. The number of aromatic nitrogens is 2. The second-order valence-corrected chi connectivity index (χ2v) is 6.27. The number of nitrogens with two attached hydrogens (primary N) is 1. The van der Waals surface area contributed by atoms with E-state index in [9.17, 15) is 8.42 Å². The summed E-state index contributed by atoms with van der Waals surface area (Å²) in [5, 5.41) is 15.5. The van der Waals surface area contributed by atoms with Gasteiger partial charge in [0.15, 0.2) is 0 Å². The lowest BCUT2D eigenvalue weighted by molar-refractivity contribution is 0.597. The third kappa shape index (κ3) is 2.83. The topological polar surface area (TPSA) is 101 Å². The highest BCUT2D eigenvalue weighted by atomic mass is 32.2. The van der Waals surface area contributed by atoms with Crippen LogP contribution in [-0.2, 0) is 16.6 Å². The molecule has 0 unspecified atom stereocenters. The van der Waals surface area contributed by atoms with Gasteiger partial charge in [0.1, 0.15) is 0 Å². The molecule has 0 amide bonds. The summed E-state index contributed by atoms with van der Waals surface area (Å²) in [7, 11) is -3.70. The van der Waals surface area contributed by atoms with Gasteiger partial charge in [-0.2, -0.15) is 5.10 Å². The first-order valence-electron chi connectivity index (χ1n) is 6.17. The van der Waals surface area contributed by atoms with E-state index in [1.165, 1.54) is 6.07 Å². The number of benzene rings is 1. The van der Waals surface area contributed by atoms with Crippen LogP contribution in [0.15, 0.2) is 23.1 Å². The van der Waals surface area contributed by atoms with Gasteiger partial charge >= 0.3 is 0 Å². The minimum atomic E-state index is -3.70. The van der Waals surface area contributed by atoms with Crippen molar-refractivity contribution in [2.24, 2.45) is 5.14 Å². The Kier molecular flexibility index (Phi) is 3.82. The van der Waals surface area contributed by atoms with E-state index < -0.39 is 10.0 Å². The first-order chi connectivity index (χ1) is 9.30. The summed E-state index contributed by atoms with van der Waals surface area (Å²) in [6.45, 7) is 6.18. The van der Waals surface area contributed by atoms with Crippen molar-refractivity contribution in [2.75, 3.05) is 5.32 Å². The van der Waals surface area contributed by atoms with Crippen LogP contribution >= 0.6 is 0 Å². The molecule has 0 spiro atoms. The number of aryl methyl sites for hydroxylation is 2. The van der Waals surface area contributed by atoms with Gasteiger partial charge in [0.25, 0.3) is 0 Å². The van der Waals surface area contributed by atoms with Crippen molar-refractivity contribution >= 4 is 15.7 Å². The van der Waals surface area contributed by atoms with E-state index in [0.29, 0.717) is 12.1 Å². The molecule has 0 saturated carbocycles. The van der Waals surface area contributed by atoms with Crippen molar-refractivity contribution in [3.05, 3.63) is 40.7 Å². The quantitative estimate of drug-likeness (QED) is 0.797. The highest BCUT2D eigenvalue weighted by molar-refractivity contribution is 7.89. The predicted octanol–water partition coefficient (Wildman–Crippen LogP) is 1.59. The molecule has 4 N–H and O–H groups in total. The summed E-state index contributed by atoms with van der Waals surface area (Å²) in [6.07, 6.45) is 0. The molecule has 6 nitrogen and oxygen atoms in total. The van der Waals surface area contributed by atoms with E-state index in [0.717, 1.165) is 22.6 Å². The van der Waals surface area contributed by atoms with Crippen molar-refractivity contribution in [1.29, 1.82) is 0 Å². The second kappa shape index (κ2) is 5.26. The zero-order valence-electron chi connectivity index (χ0n) is 11.7. The zero-order valence-corrected chi connectivity index (χ0v) is 12.5. The molecule has 1 aromatic carbocycles. The van der Waals surface area contributed by atoms with Gasteiger partial charge in [0, 0.05) is 23.5 Å². The van der Waals surface area contributed by atoms with Gasteiger partial charge in [-0.1, -0.05) is 6.07 Å². The number of nitrogens with one attached hydrogen (secondary N) is 2. The predicted molar refractivity (Wildman–Crippen MR) is 77.9 cm³/mol. The molecule has 1 aromatic heterocycles. The van der Waals surface area contributed by atoms with Gasteiger partial charge in [-0.25, -0.2) is 13.6 Å². The number of rotatable bonds is 4. The number of primary sulfonamides is 1. The van der Waals surface area contributed by atoms with E-state index in [4.69, 9.17) is 5.14 Å². The fourth-order valence-corrected chi connectivity index (χ4v) is 2.94. The molecule has 108 valence electrons. The Bertz CT molecular complexity index is 715. The number of sulfonamides is 1. The van der Waals surface area contributed by atoms with Crippen LogP contribution in [0.25, 0.3) is 0 Å². The SMILES string of the molecule is Cc1n[nH]c(C)c1CNc1cccc(S(N)(=O)=O)c1C. The van der Waals surface area contributed by atoms with Gasteiger partial charge < -0.3 is 5.32 Å². The lowest BCUT2D eigenvalue weighted by Gasteiger charge is -2.12. The molecule has 7 heteroatoms. The van der Waals surface area contributed by atoms with E-state index in [1.807, 2.05) is 19.9 Å². The highest BCUT2D eigenvalue weighted by Crippen LogP contribution is 2.23. The zero-order chi connectivity index (χ0) is 14.9. The molecule has 2 rings (SSSR count). The summed E-state index contributed by atoms with van der Waals surface area (Å²) >= 11 is 0. The number of hydrogen-bond acceptors (Lipinski definition) is 4. The molecule has 0 saturated heterocycles. The Morgan fingerprint density at radius 1 is 1.30 bits per heavy atom. The van der Waals surface area contributed by atoms with Crippen molar-refractivity contribution in [3.8, 4) is 0 Å². The largest absolute Gasteiger partial charge is 0.381 e. The third-order valence-corrected chi connectivity index (χ3v) is 4.38. The molecule has 0 aliphatic heterocycles. The van der Waals surface area contributed by atoms with Crippen molar-refractivity contribution in [3.63, 3.8) is 0 Å². The lowest BCUT2D eigenvalue weighted by atomic mass is 10.1. The first kappa shape index (κ1) is 14.5. The summed E-state index contributed by atoms with van der Waals surface area (Å²) in [5.74, 6) is 0. The number of H-pyrrole nitrogens is 1. The van der Waals surface area contributed by atoms with Gasteiger partial charge in [-0.05, 0) is 38.5 Å². The van der Waals surface area contributed by atoms with Crippen LogP contribution in [0, 0.1) is 20.8 Å². The summed E-state index contributed by atoms with van der Waals surface area (Å²) in [5.41, 5.74) is 4.36. The van der Waals surface area contributed by atoms with Crippen molar-refractivity contribution in [2.45, 2.75) is 32.2 Å². The first-order valence-corrected chi connectivity index (χ1v) is 7.72. The average Bonchev–Trinajstić information content (AvgIpc) is 2.67. The van der Waals surface area contributed by atoms with E-state index in [-0.39, 0.29) is 4.90 Å². The Morgan fingerprint density at radius 3 is 2.55 bits per heavy atom. The molecule has 0 radical (unpaired) electrons. The van der Waals surface area contributed by atoms with Crippen LogP contribution in [0.4, 0.5) is 5.69 Å².